The largest absolute Gasteiger partial charge is 0.493 e. The van der Waals surface area contributed by atoms with Crippen LogP contribution in [0.5, 0.6) is 28.7 Å². The van der Waals surface area contributed by atoms with Gasteiger partial charge in [-0.3, -0.25) is 9.59 Å². The number of fused-ring (bicyclic) bond motifs is 1. The highest BCUT2D eigenvalue weighted by atomic mass is 16.6. The van der Waals surface area contributed by atoms with Gasteiger partial charge in [-0.05, 0) is 25.1 Å². The van der Waals surface area contributed by atoms with E-state index in [2.05, 4.69) is 0 Å². The molecule has 9 heteroatoms. The van der Waals surface area contributed by atoms with Crippen molar-refractivity contribution in [2.24, 2.45) is 5.73 Å². The standard InChI is InChI=1S/C22H26N2O7/c1-4-24(12-14-6-5-7-16-20(14)30-9-8-29-16)22(26)15-10-17(27-2)21(18(11-15)28-3)31-13-19(23)25/h5-7,10-11H,4,8-9,12-13H2,1-3H3,(H2,23,25). The van der Waals surface area contributed by atoms with Crippen molar-refractivity contribution in [1.82, 2.24) is 4.90 Å². The lowest BCUT2D eigenvalue weighted by Crippen LogP contribution is -2.31. The number of benzene rings is 2. The van der Waals surface area contributed by atoms with Gasteiger partial charge in [0.1, 0.15) is 13.2 Å². The van der Waals surface area contributed by atoms with Gasteiger partial charge in [0, 0.05) is 24.2 Å². The maximum Gasteiger partial charge on any atom is 0.255 e. The van der Waals surface area contributed by atoms with Gasteiger partial charge in [0.05, 0.1) is 14.2 Å². The van der Waals surface area contributed by atoms with Crippen LogP contribution in [0.4, 0.5) is 0 Å². The first kappa shape index (κ1) is 22.1. The fourth-order valence-electron chi connectivity index (χ4n) is 3.26. The zero-order chi connectivity index (χ0) is 22.4. The molecule has 3 rings (SSSR count). The van der Waals surface area contributed by atoms with Crippen LogP contribution in [0.25, 0.3) is 0 Å². The second-order valence-corrected chi connectivity index (χ2v) is 6.73. The minimum absolute atomic E-state index is 0.200. The smallest absolute Gasteiger partial charge is 0.255 e. The summed E-state index contributed by atoms with van der Waals surface area (Å²) in [6.07, 6.45) is 0. The van der Waals surface area contributed by atoms with Crippen molar-refractivity contribution >= 4 is 11.8 Å². The average Bonchev–Trinajstić information content (AvgIpc) is 2.80. The molecule has 1 aliphatic rings. The Balaban J connectivity index is 1.89. The summed E-state index contributed by atoms with van der Waals surface area (Å²) in [5.41, 5.74) is 6.36. The number of ether oxygens (including phenoxy) is 5. The van der Waals surface area contributed by atoms with E-state index in [9.17, 15) is 9.59 Å². The lowest BCUT2D eigenvalue weighted by atomic mass is 10.1. The van der Waals surface area contributed by atoms with Crippen molar-refractivity contribution < 1.29 is 33.3 Å². The number of primary amides is 1. The monoisotopic (exact) mass is 430 g/mol. The molecule has 2 aromatic rings. The maximum atomic E-state index is 13.3. The number of nitrogens with zero attached hydrogens (tertiary/aromatic N) is 1. The van der Waals surface area contributed by atoms with Gasteiger partial charge in [0.15, 0.2) is 29.6 Å². The molecule has 0 spiro atoms. The molecule has 0 unspecified atom stereocenters. The van der Waals surface area contributed by atoms with E-state index >= 15 is 0 Å². The summed E-state index contributed by atoms with van der Waals surface area (Å²) in [6.45, 7) is 3.31. The number of amides is 2. The molecule has 0 aromatic heterocycles. The minimum Gasteiger partial charge on any atom is -0.493 e. The number of hydrogen-bond donors (Lipinski definition) is 1. The molecule has 2 N–H and O–H groups in total. The number of carbonyl (C=O) groups is 2. The highest BCUT2D eigenvalue weighted by Crippen LogP contribution is 2.39. The fraction of sp³-hybridized carbons (Fsp3) is 0.364. The molecule has 0 atom stereocenters. The molecule has 0 saturated heterocycles. The van der Waals surface area contributed by atoms with Crippen molar-refractivity contribution in [2.75, 3.05) is 40.6 Å². The number of nitrogens with two attached hydrogens (primary N) is 1. The Hall–Kier alpha value is -3.62. The average molecular weight is 430 g/mol. The van der Waals surface area contributed by atoms with Gasteiger partial charge in [-0.1, -0.05) is 12.1 Å². The summed E-state index contributed by atoms with van der Waals surface area (Å²) < 4.78 is 27.5. The quantitative estimate of drug-likeness (QED) is 0.648. The Labute approximate surface area is 180 Å². The van der Waals surface area contributed by atoms with Crippen LogP contribution in [0.2, 0.25) is 0 Å². The highest BCUT2D eigenvalue weighted by Gasteiger charge is 2.23. The molecule has 0 aliphatic carbocycles. The molecule has 166 valence electrons. The third-order valence-electron chi connectivity index (χ3n) is 4.74. The summed E-state index contributed by atoms with van der Waals surface area (Å²) in [7, 11) is 2.87. The molecule has 31 heavy (non-hydrogen) atoms. The van der Waals surface area contributed by atoms with Crippen molar-refractivity contribution in [3.63, 3.8) is 0 Å². The van der Waals surface area contributed by atoms with Crippen LogP contribution in [0, 0.1) is 0 Å². The van der Waals surface area contributed by atoms with Gasteiger partial charge in [0.2, 0.25) is 5.75 Å². The van der Waals surface area contributed by atoms with Gasteiger partial charge in [0.25, 0.3) is 11.8 Å². The number of methoxy groups -OCH3 is 2. The molecule has 2 amide bonds. The topological polar surface area (TPSA) is 110 Å². The summed E-state index contributed by atoms with van der Waals surface area (Å²) >= 11 is 0. The Bertz CT molecular complexity index is 936. The summed E-state index contributed by atoms with van der Waals surface area (Å²) in [5.74, 6) is 1.18. The van der Waals surface area contributed by atoms with E-state index in [0.29, 0.717) is 43.4 Å². The van der Waals surface area contributed by atoms with Crippen molar-refractivity contribution in [1.29, 1.82) is 0 Å². The van der Waals surface area contributed by atoms with Gasteiger partial charge in [-0.25, -0.2) is 0 Å². The highest BCUT2D eigenvalue weighted by molar-refractivity contribution is 5.95. The van der Waals surface area contributed by atoms with E-state index in [4.69, 9.17) is 29.4 Å². The zero-order valence-corrected chi connectivity index (χ0v) is 17.8. The normalized spacial score (nSPS) is 12.1. The van der Waals surface area contributed by atoms with Crippen LogP contribution in [-0.2, 0) is 11.3 Å². The lowest BCUT2D eigenvalue weighted by molar-refractivity contribution is -0.120. The maximum absolute atomic E-state index is 13.3. The van der Waals surface area contributed by atoms with E-state index < -0.39 is 5.91 Å². The van der Waals surface area contributed by atoms with E-state index in [1.807, 2.05) is 25.1 Å². The number of carbonyl (C=O) groups excluding carboxylic acids is 2. The SMILES string of the molecule is CCN(Cc1cccc2c1OCCO2)C(=O)c1cc(OC)c(OCC(N)=O)c(OC)c1. The molecule has 2 aromatic carbocycles. The molecule has 0 radical (unpaired) electrons. The first-order chi connectivity index (χ1) is 15.0. The molecule has 0 bridgehead atoms. The van der Waals surface area contributed by atoms with Crippen LogP contribution in [0.3, 0.4) is 0 Å². The van der Waals surface area contributed by atoms with Crippen molar-refractivity contribution in [2.45, 2.75) is 13.5 Å². The zero-order valence-electron chi connectivity index (χ0n) is 17.8. The molecular weight excluding hydrogens is 404 g/mol. The summed E-state index contributed by atoms with van der Waals surface area (Å²) in [4.78, 5) is 26.0. The van der Waals surface area contributed by atoms with Crippen LogP contribution < -0.4 is 29.4 Å². The van der Waals surface area contributed by atoms with Gasteiger partial charge in [-0.15, -0.1) is 0 Å². The van der Waals surface area contributed by atoms with E-state index in [0.717, 1.165) is 5.56 Å². The molecule has 9 nitrogen and oxygen atoms in total. The second-order valence-electron chi connectivity index (χ2n) is 6.73. The fourth-order valence-corrected chi connectivity index (χ4v) is 3.26. The number of hydrogen-bond acceptors (Lipinski definition) is 7. The van der Waals surface area contributed by atoms with Crippen LogP contribution in [0.1, 0.15) is 22.8 Å². The van der Waals surface area contributed by atoms with E-state index in [1.54, 1.807) is 17.0 Å². The Morgan fingerprint density at radius 2 is 1.77 bits per heavy atom. The molecule has 0 saturated carbocycles. The number of para-hydroxylation sites is 1. The second kappa shape index (κ2) is 9.92. The minimum atomic E-state index is -0.640. The Morgan fingerprint density at radius 3 is 2.39 bits per heavy atom. The van der Waals surface area contributed by atoms with E-state index in [-0.39, 0.29) is 29.8 Å². The van der Waals surface area contributed by atoms with E-state index in [1.165, 1.54) is 14.2 Å². The summed E-state index contributed by atoms with van der Waals surface area (Å²) in [6, 6.07) is 8.72. The molecule has 0 fully saturated rings. The van der Waals surface area contributed by atoms with Crippen LogP contribution in [0.15, 0.2) is 30.3 Å². The van der Waals surface area contributed by atoms with Crippen LogP contribution in [-0.4, -0.2) is 57.3 Å². The van der Waals surface area contributed by atoms with Crippen molar-refractivity contribution in [3.05, 3.63) is 41.5 Å². The third-order valence-corrected chi connectivity index (χ3v) is 4.74. The Morgan fingerprint density at radius 1 is 1.10 bits per heavy atom. The van der Waals surface area contributed by atoms with Gasteiger partial charge >= 0.3 is 0 Å². The lowest BCUT2D eigenvalue weighted by Gasteiger charge is -2.26. The summed E-state index contributed by atoms with van der Waals surface area (Å²) in [5, 5.41) is 0. The molecular formula is C22H26N2O7. The van der Waals surface area contributed by atoms with Gasteiger partial charge < -0.3 is 34.3 Å². The Kier molecular flexibility index (Phi) is 7.07. The molecule has 1 aliphatic heterocycles. The first-order valence-electron chi connectivity index (χ1n) is 9.82. The predicted octanol–water partition coefficient (Wildman–Crippen LogP) is 2.00. The van der Waals surface area contributed by atoms with Gasteiger partial charge in [-0.2, -0.15) is 0 Å². The number of rotatable bonds is 9. The predicted molar refractivity (Wildman–Crippen MR) is 112 cm³/mol. The third kappa shape index (κ3) is 4.93. The first-order valence-corrected chi connectivity index (χ1v) is 9.82. The van der Waals surface area contributed by atoms with Crippen molar-refractivity contribution in [3.8, 4) is 28.7 Å². The van der Waals surface area contributed by atoms with Crippen LogP contribution >= 0.6 is 0 Å². The molecule has 1 heterocycles.